The molecule has 4 nitrogen and oxygen atoms in total. The quantitative estimate of drug-likeness (QED) is 0.772. The van der Waals surface area contributed by atoms with Gasteiger partial charge in [-0.3, -0.25) is 9.69 Å². The van der Waals surface area contributed by atoms with Crippen molar-refractivity contribution in [3.05, 3.63) is 0 Å². The molecule has 0 radical (unpaired) electrons. The second-order valence-corrected chi connectivity index (χ2v) is 10.0. The van der Waals surface area contributed by atoms with Gasteiger partial charge in [0.15, 0.2) is 0 Å². The van der Waals surface area contributed by atoms with Crippen LogP contribution in [-0.2, 0) is 4.79 Å². The maximum Gasteiger partial charge on any atom is 0.325 e. The fourth-order valence-electron chi connectivity index (χ4n) is 3.86. The summed E-state index contributed by atoms with van der Waals surface area (Å²) >= 11 is 0. The number of carbonyl (C=O) groups excluding carboxylic acids is 2. The van der Waals surface area contributed by atoms with Gasteiger partial charge in [-0.15, -0.1) is 0 Å². The molecule has 0 aromatic carbocycles. The zero-order valence-corrected chi connectivity index (χ0v) is 17.2. The molecule has 0 saturated heterocycles. The normalized spacial score (nSPS) is 25.5. The van der Waals surface area contributed by atoms with Crippen LogP contribution in [0, 0.1) is 17.3 Å². The predicted octanol–water partition coefficient (Wildman–Crippen LogP) is 4.97. The van der Waals surface area contributed by atoms with Crippen molar-refractivity contribution in [3.8, 4) is 0 Å². The molecule has 1 N–H and O–H groups in total. The Hall–Kier alpha value is -1.06. The van der Waals surface area contributed by atoms with Crippen LogP contribution in [0.1, 0.15) is 88.0 Å². The van der Waals surface area contributed by atoms with E-state index in [1.54, 1.807) is 0 Å². The summed E-state index contributed by atoms with van der Waals surface area (Å²) in [5.74, 6) is 0.746. The second kappa shape index (κ2) is 7.05. The Morgan fingerprint density at radius 3 is 2.04 bits per heavy atom. The van der Waals surface area contributed by atoms with E-state index in [0.29, 0.717) is 5.92 Å². The average Bonchev–Trinajstić information content (AvgIpc) is 2.34. The summed E-state index contributed by atoms with van der Waals surface area (Å²) in [6, 6.07) is -0.279. The van der Waals surface area contributed by atoms with Crippen molar-refractivity contribution in [3.63, 3.8) is 0 Å². The molecule has 3 amide bonds. The van der Waals surface area contributed by atoms with Crippen LogP contribution in [0.2, 0.25) is 0 Å². The molecule has 140 valence electrons. The molecule has 24 heavy (non-hydrogen) atoms. The number of urea groups is 1. The topological polar surface area (TPSA) is 49.4 Å². The molecular weight excluding hydrogens is 300 g/mol. The minimum absolute atomic E-state index is 0.00157. The molecule has 1 rings (SSSR count). The Balaban J connectivity index is 3.25. The Labute approximate surface area is 148 Å². The van der Waals surface area contributed by atoms with E-state index in [2.05, 4.69) is 26.1 Å². The molecule has 2 atom stereocenters. The minimum atomic E-state index is -0.547. The first-order valence-corrected chi connectivity index (χ1v) is 9.37. The first kappa shape index (κ1) is 21.0. The molecule has 0 spiro atoms. The Morgan fingerprint density at radius 1 is 1.12 bits per heavy atom. The highest BCUT2D eigenvalue weighted by atomic mass is 16.2. The van der Waals surface area contributed by atoms with Crippen molar-refractivity contribution in [1.29, 1.82) is 0 Å². The summed E-state index contributed by atoms with van der Waals surface area (Å²) in [5, 5.41) is 2.98. The van der Waals surface area contributed by atoms with Crippen molar-refractivity contribution in [2.75, 3.05) is 0 Å². The van der Waals surface area contributed by atoms with Crippen LogP contribution in [0.5, 0.6) is 0 Å². The number of nitrogens with one attached hydrogen (secondary N) is 1. The van der Waals surface area contributed by atoms with E-state index in [0.717, 1.165) is 19.3 Å². The predicted molar refractivity (Wildman–Crippen MR) is 99.8 cm³/mol. The highest BCUT2D eigenvalue weighted by Gasteiger charge is 2.50. The standard InChI is InChI=1S/C20H38N2O2/c1-14(2)20(12-10-11-15(3)13-20)16(23)22(19(7,8)9)17(24)21-18(4,5)6/h14-15H,10-13H2,1-9H3,(H,21,24). The molecule has 0 aromatic rings. The molecule has 1 saturated carbocycles. The number of hydrogen-bond acceptors (Lipinski definition) is 2. The van der Waals surface area contributed by atoms with Gasteiger partial charge in [-0.1, -0.05) is 33.6 Å². The van der Waals surface area contributed by atoms with Gasteiger partial charge in [0, 0.05) is 11.1 Å². The highest BCUT2D eigenvalue weighted by molar-refractivity contribution is 5.98. The number of carbonyl (C=O) groups is 2. The monoisotopic (exact) mass is 338 g/mol. The molecule has 1 aliphatic carbocycles. The average molecular weight is 339 g/mol. The molecular formula is C20H38N2O2. The molecule has 4 heteroatoms. The van der Waals surface area contributed by atoms with Gasteiger partial charge in [0.1, 0.15) is 0 Å². The number of amides is 3. The lowest BCUT2D eigenvalue weighted by Crippen LogP contribution is -2.61. The Kier molecular flexibility index (Phi) is 6.16. The lowest BCUT2D eigenvalue weighted by molar-refractivity contribution is -0.149. The van der Waals surface area contributed by atoms with E-state index in [1.165, 1.54) is 11.3 Å². The van der Waals surface area contributed by atoms with E-state index in [1.807, 2.05) is 41.5 Å². The van der Waals surface area contributed by atoms with E-state index in [-0.39, 0.29) is 23.4 Å². The van der Waals surface area contributed by atoms with E-state index >= 15 is 0 Å². The maximum absolute atomic E-state index is 13.6. The third-order valence-corrected chi connectivity index (χ3v) is 5.12. The van der Waals surface area contributed by atoms with Crippen LogP contribution in [-0.4, -0.2) is 27.9 Å². The van der Waals surface area contributed by atoms with Gasteiger partial charge in [-0.25, -0.2) is 4.79 Å². The van der Waals surface area contributed by atoms with Crippen LogP contribution < -0.4 is 5.32 Å². The molecule has 0 bridgehead atoms. The number of imide groups is 1. The third-order valence-electron chi connectivity index (χ3n) is 5.12. The van der Waals surface area contributed by atoms with Gasteiger partial charge < -0.3 is 5.32 Å². The smallest absolute Gasteiger partial charge is 0.325 e. The first-order valence-electron chi connectivity index (χ1n) is 9.37. The van der Waals surface area contributed by atoms with Crippen molar-refractivity contribution in [2.45, 2.75) is 99.1 Å². The lowest BCUT2D eigenvalue weighted by Gasteiger charge is -2.47. The SMILES string of the molecule is CC1CCCC(C(=O)N(C(=O)NC(C)(C)C)C(C)(C)C)(C(C)C)C1. The minimum Gasteiger partial charge on any atom is -0.333 e. The zero-order valence-electron chi connectivity index (χ0n) is 17.2. The molecule has 0 heterocycles. The number of nitrogens with zero attached hydrogens (tertiary/aromatic N) is 1. The van der Waals surface area contributed by atoms with Gasteiger partial charge >= 0.3 is 6.03 Å². The summed E-state index contributed by atoms with van der Waals surface area (Å²) in [5.41, 5.74) is -1.35. The first-order chi connectivity index (χ1) is 10.7. The van der Waals surface area contributed by atoms with Crippen LogP contribution >= 0.6 is 0 Å². The molecule has 1 aliphatic rings. The van der Waals surface area contributed by atoms with E-state index in [9.17, 15) is 9.59 Å². The molecule has 0 aliphatic heterocycles. The lowest BCUT2D eigenvalue weighted by atomic mass is 9.63. The zero-order chi connectivity index (χ0) is 18.9. The van der Waals surface area contributed by atoms with E-state index in [4.69, 9.17) is 0 Å². The highest BCUT2D eigenvalue weighted by Crippen LogP contribution is 2.47. The third kappa shape index (κ3) is 4.73. The van der Waals surface area contributed by atoms with Gasteiger partial charge in [0.2, 0.25) is 5.91 Å². The summed E-state index contributed by atoms with van der Waals surface area (Å²) in [6.45, 7) is 18.1. The van der Waals surface area contributed by atoms with Crippen molar-refractivity contribution < 1.29 is 9.59 Å². The van der Waals surface area contributed by atoms with E-state index < -0.39 is 11.0 Å². The fourth-order valence-corrected chi connectivity index (χ4v) is 3.86. The fraction of sp³-hybridized carbons (Fsp3) is 0.900. The molecule has 2 unspecified atom stereocenters. The summed E-state index contributed by atoms with van der Waals surface area (Å²) in [4.78, 5) is 28.1. The number of rotatable bonds is 2. The Bertz CT molecular complexity index is 471. The van der Waals surface area contributed by atoms with Crippen LogP contribution in [0.15, 0.2) is 0 Å². The van der Waals surface area contributed by atoms with Gasteiger partial charge in [-0.2, -0.15) is 0 Å². The van der Waals surface area contributed by atoms with Crippen molar-refractivity contribution in [1.82, 2.24) is 10.2 Å². The van der Waals surface area contributed by atoms with Crippen LogP contribution in [0.25, 0.3) is 0 Å². The summed E-state index contributed by atoms with van der Waals surface area (Å²) in [6.07, 6.45) is 3.98. The summed E-state index contributed by atoms with van der Waals surface area (Å²) < 4.78 is 0. The Morgan fingerprint density at radius 2 is 1.67 bits per heavy atom. The summed E-state index contributed by atoms with van der Waals surface area (Å²) in [7, 11) is 0. The molecule has 0 aromatic heterocycles. The number of hydrogen-bond donors (Lipinski definition) is 1. The van der Waals surface area contributed by atoms with Gasteiger partial charge in [0.25, 0.3) is 0 Å². The van der Waals surface area contributed by atoms with Crippen LogP contribution in [0.4, 0.5) is 4.79 Å². The van der Waals surface area contributed by atoms with Crippen molar-refractivity contribution >= 4 is 11.9 Å². The van der Waals surface area contributed by atoms with Crippen molar-refractivity contribution in [2.24, 2.45) is 17.3 Å². The van der Waals surface area contributed by atoms with Crippen LogP contribution in [0.3, 0.4) is 0 Å². The maximum atomic E-state index is 13.6. The second-order valence-electron chi connectivity index (χ2n) is 10.0. The van der Waals surface area contributed by atoms with Gasteiger partial charge in [0.05, 0.1) is 5.41 Å². The van der Waals surface area contributed by atoms with Gasteiger partial charge in [-0.05, 0) is 66.2 Å². The molecule has 1 fully saturated rings. The largest absolute Gasteiger partial charge is 0.333 e.